The number of aryl methyl sites for hydroxylation is 1. The lowest BCUT2D eigenvalue weighted by atomic mass is 10.0. The molecule has 1 aliphatic heterocycles. The molecule has 0 spiro atoms. The van der Waals surface area contributed by atoms with Gasteiger partial charge >= 0.3 is 5.97 Å². The maximum atomic E-state index is 12.6. The fraction of sp³-hybridized carbons (Fsp3) is 0.520. The number of aliphatic hydroxyl groups excluding tert-OH is 1. The molecular formula is C25H33NO4S. The number of methoxy groups -OCH3 is 1. The van der Waals surface area contributed by atoms with Gasteiger partial charge in [0.2, 0.25) is 5.91 Å². The predicted octanol–water partition coefficient (Wildman–Crippen LogP) is 5.67. The van der Waals surface area contributed by atoms with Crippen molar-refractivity contribution in [2.75, 3.05) is 12.0 Å². The van der Waals surface area contributed by atoms with Crippen LogP contribution in [0.2, 0.25) is 0 Å². The Morgan fingerprint density at radius 2 is 1.97 bits per heavy atom. The quantitative estimate of drug-likeness (QED) is 0.359. The summed E-state index contributed by atoms with van der Waals surface area (Å²) in [5.41, 5.74) is 1.84. The Bertz CT molecular complexity index is 861. The van der Waals surface area contributed by atoms with E-state index in [2.05, 4.69) is 6.92 Å². The zero-order valence-electron chi connectivity index (χ0n) is 18.5. The molecule has 0 saturated carbocycles. The molecule has 1 saturated heterocycles. The van der Waals surface area contributed by atoms with Crippen molar-refractivity contribution in [1.29, 1.82) is 0 Å². The van der Waals surface area contributed by atoms with E-state index in [9.17, 15) is 14.7 Å². The fourth-order valence-corrected chi connectivity index (χ4v) is 5.19. The average Bonchev–Trinajstić information content (AvgIpc) is 3.40. The van der Waals surface area contributed by atoms with Crippen molar-refractivity contribution in [3.63, 3.8) is 0 Å². The van der Waals surface area contributed by atoms with E-state index in [0.29, 0.717) is 11.3 Å². The van der Waals surface area contributed by atoms with Crippen LogP contribution in [0.25, 0.3) is 0 Å². The number of rotatable bonds is 11. The van der Waals surface area contributed by atoms with Gasteiger partial charge in [-0.2, -0.15) is 0 Å². The summed E-state index contributed by atoms with van der Waals surface area (Å²) >= 11 is 1.48. The van der Waals surface area contributed by atoms with Crippen LogP contribution in [0.3, 0.4) is 0 Å². The van der Waals surface area contributed by atoms with Crippen molar-refractivity contribution in [2.24, 2.45) is 0 Å². The fourth-order valence-electron chi connectivity index (χ4n) is 4.22. The summed E-state index contributed by atoms with van der Waals surface area (Å²) in [4.78, 5) is 27.9. The van der Waals surface area contributed by atoms with Crippen molar-refractivity contribution in [3.8, 4) is 0 Å². The van der Waals surface area contributed by atoms with Crippen molar-refractivity contribution in [1.82, 2.24) is 0 Å². The molecule has 6 heteroatoms. The molecule has 1 aromatic carbocycles. The molecule has 2 heterocycles. The molecule has 1 aliphatic rings. The summed E-state index contributed by atoms with van der Waals surface area (Å²) in [6.45, 7) is 2.16. The lowest BCUT2D eigenvalue weighted by molar-refractivity contribution is -0.117. The minimum absolute atomic E-state index is 0.172. The summed E-state index contributed by atoms with van der Waals surface area (Å²) in [6, 6.07) is 11.8. The topological polar surface area (TPSA) is 66.8 Å². The third kappa shape index (κ3) is 6.17. The van der Waals surface area contributed by atoms with E-state index in [1.165, 1.54) is 18.4 Å². The molecular weight excluding hydrogens is 410 g/mol. The highest BCUT2D eigenvalue weighted by molar-refractivity contribution is 7.13. The van der Waals surface area contributed by atoms with E-state index >= 15 is 0 Å². The Morgan fingerprint density at radius 3 is 2.68 bits per heavy atom. The molecule has 1 amide bonds. The molecule has 1 fully saturated rings. The minimum Gasteiger partial charge on any atom is -0.465 e. The zero-order valence-corrected chi connectivity index (χ0v) is 19.3. The van der Waals surface area contributed by atoms with Gasteiger partial charge in [0.1, 0.15) is 4.88 Å². The van der Waals surface area contributed by atoms with Crippen LogP contribution >= 0.6 is 11.3 Å². The van der Waals surface area contributed by atoms with Gasteiger partial charge in [-0.15, -0.1) is 11.3 Å². The normalized spacial score (nSPS) is 17.2. The first-order chi connectivity index (χ1) is 15.0. The number of carbonyl (C=O) groups excluding carboxylic acids is 2. The standard InChI is InChI=1S/C25H33NO4S/c1-3-4-5-9-22(27)18-10-12-20(13-11-18)26-19(14-17-24(26)28)7-6-8-21-15-16-23(31-21)25(29)30-2/h10-13,15-16,19,22,27H,3-9,14,17H2,1-2H3/t19-,22-/m0/s1. The van der Waals surface area contributed by atoms with Gasteiger partial charge in [-0.25, -0.2) is 4.79 Å². The maximum absolute atomic E-state index is 12.6. The first kappa shape index (κ1) is 23.5. The number of thiophene rings is 1. The van der Waals surface area contributed by atoms with E-state index < -0.39 is 6.10 Å². The highest BCUT2D eigenvalue weighted by atomic mass is 32.1. The smallest absolute Gasteiger partial charge is 0.348 e. The third-order valence-corrected chi connectivity index (χ3v) is 7.10. The predicted molar refractivity (Wildman–Crippen MR) is 125 cm³/mol. The summed E-state index contributed by atoms with van der Waals surface area (Å²) in [7, 11) is 1.40. The number of unbranched alkanes of at least 4 members (excludes halogenated alkanes) is 2. The molecule has 5 nitrogen and oxygen atoms in total. The van der Waals surface area contributed by atoms with Crippen LogP contribution in [0.15, 0.2) is 36.4 Å². The van der Waals surface area contributed by atoms with E-state index in [4.69, 9.17) is 4.74 Å². The third-order valence-electron chi connectivity index (χ3n) is 5.97. The number of nitrogens with zero attached hydrogens (tertiary/aromatic N) is 1. The van der Waals surface area contributed by atoms with Gasteiger partial charge in [0.15, 0.2) is 0 Å². The lowest BCUT2D eigenvalue weighted by Crippen LogP contribution is -2.32. The summed E-state index contributed by atoms with van der Waals surface area (Å²) in [6.07, 6.45) is 7.88. The van der Waals surface area contributed by atoms with Gasteiger partial charge < -0.3 is 14.7 Å². The molecule has 3 rings (SSSR count). The Hall–Kier alpha value is -2.18. The molecule has 0 radical (unpaired) electrons. The van der Waals surface area contributed by atoms with E-state index in [1.807, 2.05) is 41.3 Å². The highest BCUT2D eigenvalue weighted by Gasteiger charge is 2.31. The summed E-state index contributed by atoms with van der Waals surface area (Å²) < 4.78 is 4.77. The SMILES string of the molecule is CCCCC[C@H](O)c1ccc(N2C(=O)CC[C@@H]2CCCc2ccc(C(=O)OC)s2)cc1. The Labute approximate surface area is 189 Å². The number of benzene rings is 1. The van der Waals surface area contributed by atoms with Gasteiger partial charge in [0, 0.05) is 23.0 Å². The number of hydrogen-bond acceptors (Lipinski definition) is 5. The van der Waals surface area contributed by atoms with Crippen LogP contribution in [0.1, 0.15) is 84.5 Å². The van der Waals surface area contributed by atoms with Crippen molar-refractivity contribution < 1.29 is 19.4 Å². The molecule has 2 atom stereocenters. The van der Waals surface area contributed by atoms with Gasteiger partial charge in [0.25, 0.3) is 0 Å². The first-order valence-electron chi connectivity index (χ1n) is 11.3. The van der Waals surface area contributed by atoms with E-state index in [-0.39, 0.29) is 17.9 Å². The summed E-state index contributed by atoms with van der Waals surface area (Å²) in [5.74, 6) is -0.118. The molecule has 1 N–H and O–H groups in total. The zero-order chi connectivity index (χ0) is 22.2. The van der Waals surface area contributed by atoms with Crippen molar-refractivity contribution in [3.05, 3.63) is 51.7 Å². The van der Waals surface area contributed by atoms with E-state index in [0.717, 1.165) is 67.5 Å². The average molecular weight is 444 g/mol. The molecule has 31 heavy (non-hydrogen) atoms. The van der Waals surface area contributed by atoms with Gasteiger partial charge in [-0.3, -0.25) is 4.79 Å². The second-order valence-electron chi connectivity index (χ2n) is 8.21. The number of carbonyl (C=O) groups is 2. The van der Waals surface area contributed by atoms with Gasteiger partial charge in [0.05, 0.1) is 13.2 Å². The number of anilines is 1. The highest BCUT2D eigenvalue weighted by Crippen LogP contribution is 2.31. The first-order valence-corrected chi connectivity index (χ1v) is 12.1. The van der Waals surface area contributed by atoms with Crippen LogP contribution in [0, 0.1) is 0 Å². The minimum atomic E-state index is -0.439. The van der Waals surface area contributed by atoms with Crippen LogP contribution in [0.5, 0.6) is 0 Å². The number of aliphatic hydroxyl groups is 1. The molecule has 168 valence electrons. The number of esters is 1. The molecule has 0 unspecified atom stereocenters. The van der Waals surface area contributed by atoms with E-state index in [1.54, 1.807) is 0 Å². The Kier molecular flexibility index (Phi) is 8.67. The van der Waals surface area contributed by atoms with Gasteiger partial charge in [-0.05, 0) is 61.9 Å². The van der Waals surface area contributed by atoms with Crippen LogP contribution < -0.4 is 4.90 Å². The Balaban J connectivity index is 1.55. The largest absolute Gasteiger partial charge is 0.465 e. The number of hydrogen-bond donors (Lipinski definition) is 1. The van der Waals surface area contributed by atoms with Crippen LogP contribution in [-0.2, 0) is 16.0 Å². The number of amides is 1. The molecule has 1 aromatic heterocycles. The van der Waals surface area contributed by atoms with Gasteiger partial charge in [-0.1, -0.05) is 38.3 Å². The molecule has 0 aliphatic carbocycles. The lowest BCUT2D eigenvalue weighted by Gasteiger charge is -2.25. The second-order valence-corrected chi connectivity index (χ2v) is 9.38. The monoisotopic (exact) mass is 443 g/mol. The Morgan fingerprint density at radius 1 is 1.19 bits per heavy atom. The van der Waals surface area contributed by atoms with Crippen LogP contribution in [0.4, 0.5) is 5.69 Å². The maximum Gasteiger partial charge on any atom is 0.348 e. The van der Waals surface area contributed by atoms with Crippen LogP contribution in [-0.4, -0.2) is 30.1 Å². The number of ether oxygens (including phenoxy) is 1. The second kappa shape index (κ2) is 11.4. The molecule has 0 bridgehead atoms. The summed E-state index contributed by atoms with van der Waals surface area (Å²) in [5, 5.41) is 10.4. The van der Waals surface area contributed by atoms with Crippen molar-refractivity contribution in [2.45, 2.75) is 76.9 Å². The van der Waals surface area contributed by atoms with Crippen molar-refractivity contribution >= 4 is 28.9 Å². The molecule has 2 aromatic rings.